The fourth-order valence-corrected chi connectivity index (χ4v) is 1.98. The van der Waals surface area contributed by atoms with Gasteiger partial charge in [-0.1, -0.05) is 13.0 Å². The van der Waals surface area contributed by atoms with E-state index >= 15 is 0 Å². The standard InChI is InChI=1S/C14H16N2O5/c1-3-9(14(19)20)15-13(18)8-5-4-6-10-11(8)21-7(2)12(17)16-10/h4-7,9H,3H2,1-2H3,(H,15,18)(H,16,17)(H,19,20). The van der Waals surface area contributed by atoms with E-state index < -0.39 is 24.0 Å². The van der Waals surface area contributed by atoms with Crippen LogP contribution in [0.1, 0.15) is 30.6 Å². The second kappa shape index (κ2) is 5.82. The fourth-order valence-electron chi connectivity index (χ4n) is 1.98. The molecule has 7 heteroatoms. The topological polar surface area (TPSA) is 105 Å². The average Bonchev–Trinajstić information content (AvgIpc) is 2.44. The predicted octanol–water partition coefficient (Wildman–Crippen LogP) is 0.999. The summed E-state index contributed by atoms with van der Waals surface area (Å²) in [5, 5.41) is 14.0. The Hall–Kier alpha value is -2.57. The molecule has 0 spiro atoms. The van der Waals surface area contributed by atoms with E-state index in [2.05, 4.69) is 10.6 Å². The summed E-state index contributed by atoms with van der Waals surface area (Å²) >= 11 is 0. The monoisotopic (exact) mass is 292 g/mol. The summed E-state index contributed by atoms with van der Waals surface area (Å²) in [5.74, 6) is -1.69. The summed E-state index contributed by atoms with van der Waals surface area (Å²) in [6.07, 6.45) is -0.447. The van der Waals surface area contributed by atoms with Gasteiger partial charge in [-0.05, 0) is 25.5 Å². The number of hydrogen-bond acceptors (Lipinski definition) is 4. The van der Waals surface area contributed by atoms with E-state index in [0.717, 1.165) is 0 Å². The highest BCUT2D eigenvalue weighted by Crippen LogP contribution is 2.33. The molecule has 2 atom stereocenters. The summed E-state index contributed by atoms with van der Waals surface area (Å²) in [4.78, 5) is 34.7. The molecule has 1 aliphatic rings. The van der Waals surface area contributed by atoms with Gasteiger partial charge in [0.25, 0.3) is 11.8 Å². The van der Waals surface area contributed by atoms with Gasteiger partial charge in [0.15, 0.2) is 11.9 Å². The molecule has 0 saturated carbocycles. The lowest BCUT2D eigenvalue weighted by atomic mass is 10.1. The van der Waals surface area contributed by atoms with Gasteiger partial charge in [0.05, 0.1) is 11.3 Å². The quantitative estimate of drug-likeness (QED) is 0.768. The van der Waals surface area contributed by atoms with Gasteiger partial charge >= 0.3 is 5.97 Å². The van der Waals surface area contributed by atoms with E-state index in [0.29, 0.717) is 5.69 Å². The van der Waals surface area contributed by atoms with Crippen molar-refractivity contribution >= 4 is 23.5 Å². The molecule has 0 saturated heterocycles. The number of nitrogens with one attached hydrogen (secondary N) is 2. The van der Waals surface area contributed by atoms with E-state index in [-0.39, 0.29) is 23.6 Å². The van der Waals surface area contributed by atoms with Gasteiger partial charge in [-0.2, -0.15) is 0 Å². The van der Waals surface area contributed by atoms with Crippen molar-refractivity contribution in [3.8, 4) is 5.75 Å². The molecule has 2 unspecified atom stereocenters. The molecule has 1 aliphatic heterocycles. The first-order valence-corrected chi connectivity index (χ1v) is 6.58. The SMILES string of the molecule is CCC(NC(=O)c1cccc2c1OC(C)C(=O)N2)C(=O)O. The lowest BCUT2D eigenvalue weighted by Crippen LogP contribution is -2.41. The first-order valence-electron chi connectivity index (χ1n) is 6.58. The number of carbonyl (C=O) groups excluding carboxylic acids is 2. The maximum atomic E-state index is 12.2. The first kappa shape index (κ1) is 14.8. The first-order chi connectivity index (χ1) is 9.93. The van der Waals surface area contributed by atoms with Crippen LogP contribution in [0.4, 0.5) is 5.69 Å². The van der Waals surface area contributed by atoms with Crippen LogP contribution in [0.2, 0.25) is 0 Å². The van der Waals surface area contributed by atoms with Crippen LogP contribution in [-0.2, 0) is 9.59 Å². The molecule has 0 fully saturated rings. The number of anilines is 1. The second-order valence-corrected chi connectivity index (χ2v) is 4.70. The Balaban J connectivity index is 2.29. The van der Waals surface area contributed by atoms with Gasteiger partial charge in [-0.15, -0.1) is 0 Å². The summed E-state index contributed by atoms with van der Waals surface area (Å²) in [7, 11) is 0. The molecule has 3 N–H and O–H groups in total. The summed E-state index contributed by atoms with van der Waals surface area (Å²) in [6.45, 7) is 3.23. The summed E-state index contributed by atoms with van der Waals surface area (Å²) < 4.78 is 5.45. The van der Waals surface area contributed by atoms with E-state index in [9.17, 15) is 14.4 Å². The number of amides is 2. The maximum absolute atomic E-state index is 12.2. The van der Waals surface area contributed by atoms with Crippen molar-refractivity contribution in [2.24, 2.45) is 0 Å². The zero-order chi connectivity index (χ0) is 15.6. The Kier molecular flexibility index (Phi) is 4.11. The number of carboxylic acids is 1. The third-order valence-corrected chi connectivity index (χ3v) is 3.19. The largest absolute Gasteiger partial charge is 0.480 e. The lowest BCUT2D eigenvalue weighted by Gasteiger charge is -2.25. The Morgan fingerprint density at radius 1 is 1.48 bits per heavy atom. The smallest absolute Gasteiger partial charge is 0.326 e. The Labute approximate surface area is 121 Å². The molecule has 2 amide bonds. The van der Waals surface area contributed by atoms with Gasteiger partial charge < -0.3 is 20.5 Å². The van der Waals surface area contributed by atoms with Crippen molar-refractivity contribution < 1.29 is 24.2 Å². The minimum Gasteiger partial charge on any atom is -0.480 e. The van der Waals surface area contributed by atoms with Crippen LogP contribution >= 0.6 is 0 Å². The van der Waals surface area contributed by atoms with Gasteiger partial charge in [-0.3, -0.25) is 9.59 Å². The number of carbonyl (C=O) groups is 3. The lowest BCUT2D eigenvalue weighted by molar-refractivity contribution is -0.139. The Bertz CT molecular complexity index is 599. The van der Waals surface area contributed by atoms with Gasteiger partial charge in [0.2, 0.25) is 0 Å². The van der Waals surface area contributed by atoms with Crippen molar-refractivity contribution in [1.82, 2.24) is 5.32 Å². The molecule has 21 heavy (non-hydrogen) atoms. The highest BCUT2D eigenvalue weighted by Gasteiger charge is 2.28. The molecule has 0 aromatic heterocycles. The highest BCUT2D eigenvalue weighted by atomic mass is 16.5. The van der Waals surface area contributed by atoms with Crippen LogP contribution in [-0.4, -0.2) is 35.0 Å². The average molecular weight is 292 g/mol. The van der Waals surface area contributed by atoms with Crippen LogP contribution in [0.15, 0.2) is 18.2 Å². The molecule has 0 bridgehead atoms. The van der Waals surface area contributed by atoms with Crippen molar-refractivity contribution in [2.75, 3.05) is 5.32 Å². The van der Waals surface area contributed by atoms with Gasteiger partial charge in [-0.25, -0.2) is 4.79 Å². The molecule has 1 aromatic rings. The van der Waals surface area contributed by atoms with E-state index in [1.807, 2.05) is 0 Å². The van der Waals surface area contributed by atoms with E-state index in [1.165, 1.54) is 6.07 Å². The molecular formula is C14H16N2O5. The zero-order valence-electron chi connectivity index (χ0n) is 11.7. The number of ether oxygens (including phenoxy) is 1. The normalized spacial score (nSPS) is 18.0. The van der Waals surface area contributed by atoms with Crippen molar-refractivity contribution in [3.05, 3.63) is 23.8 Å². The van der Waals surface area contributed by atoms with Gasteiger partial charge in [0.1, 0.15) is 6.04 Å². The second-order valence-electron chi connectivity index (χ2n) is 4.70. The number of hydrogen-bond donors (Lipinski definition) is 3. The number of fused-ring (bicyclic) bond motifs is 1. The van der Waals surface area contributed by atoms with Crippen LogP contribution in [0.5, 0.6) is 5.75 Å². The van der Waals surface area contributed by atoms with E-state index in [1.54, 1.807) is 26.0 Å². The molecule has 0 radical (unpaired) electrons. The minimum absolute atomic E-state index is 0.194. The number of aliphatic carboxylic acids is 1. The number of para-hydroxylation sites is 1. The van der Waals surface area contributed by atoms with Crippen molar-refractivity contribution in [1.29, 1.82) is 0 Å². The third-order valence-electron chi connectivity index (χ3n) is 3.19. The molecule has 7 nitrogen and oxygen atoms in total. The maximum Gasteiger partial charge on any atom is 0.326 e. The molecule has 0 aliphatic carbocycles. The van der Waals surface area contributed by atoms with Crippen molar-refractivity contribution in [2.45, 2.75) is 32.4 Å². The summed E-state index contributed by atoms with van der Waals surface area (Å²) in [6, 6.07) is 3.76. The minimum atomic E-state index is -1.10. The Morgan fingerprint density at radius 3 is 2.81 bits per heavy atom. The molecular weight excluding hydrogens is 276 g/mol. The van der Waals surface area contributed by atoms with Crippen LogP contribution in [0.3, 0.4) is 0 Å². The van der Waals surface area contributed by atoms with E-state index in [4.69, 9.17) is 9.84 Å². The zero-order valence-corrected chi connectivity index (χ0v) is 11.7. The molecule has 2 rings (SSSR count). The number of rotatable bonds is 4. The highest BCUT2D eigenvalue weighted by molar-refractivity contribution is 6.04. The Morgan fingerprint density at radius 2 is 2.19 bits per heavy atom. The number of benzene rings is 1. The molecule has 1 aromatic carbocycles. The fraction of sp³-hybridized carbons (Fsp3) is 0.357. The predicted molar refractivity (Wildman–Crippen MR) is 74.3 cm³/mol. The summed E-state index contributed by atoms with van der Waals surface area (Å²) in [5.41, 5.74) is 0.591. The van der Waals surface area contributed by atoms with Gasteiger partial charge in [0, 0.05) is 0 Å². The molecule has 112 valence electrons. The number of carboxylic acid groups (broad SMARTS) is 1. The molecule has 1 heterocycles. The third kappa shape index (κ3) is 2.96. The van der Waals surface area contributed by atoms with Crippen LogP contribution in [0.25, 0.3) is 0 Å². The van der Waals surface area contributed by atoms with Crippen LogP contribution in [0, 0.1) is 0 Å². The van der Waals surface area contributed by atoms with Crippen molar-refractivity contribution in [3.63, 3.8) is 0 Å². The van der Waals surface area contributed by atoms with Crippen LogP contribution < -0.4 is 15.4 Å².